The molecule has 0 radical (unpaired) electrons. The molecule has 2 amide bonds. The highest BCUT2D eigenvalue weighted by molar-refractivity contribution is 7.16. The van der Waals surface area contributed by atoms with E-state index in [2.05, 4.69) is 31.2 Å². The fourth-order valence-electron chi connectivity index (χ4n) is 4.09. The smallest absolute Gasteiger partial charge is 0.406 e. The highest BCUT2D eigenvalue weighted by Crippen LogP contribution is 2.49. The molecule has 1 atom stereocenters. The van der Waals surface area contributed by atoms with Crippen molar-refractivity contribution in [2.24, 2.45) is 0 Å². The number of rotatable bonds is 8. The summed E-state index contributed by atoms with van der Waals surface area (Å²) in [5, 5.41) is 17.3. The maximum absolute atomic E-state index is 13.3. The zero-order chi connectivity index (χ0) is 28.1. The predicted molar refractivity (Wildman–Crippen MR) is 133 cm³/mol. The van der Waals surface area contributed by atoms with E-state index in [1.807, 2.05) is 0 Å². The number of carbonyl (C=O) groups excluding carboxylic acids is 2. The van der Waals surface area contributed by atoms with E-state index < -0.39 is 29.5 Å². The van der Waals surface area contributed by atoms with E-state index in [9.17, 15) is 28.0 Å². The van der Waals surface area contributed by atoms with Crippen molar-refractivity contribution < 1.29 is 27.5 Å². The van der Waals surface area contributed by atoms with Gasteiger partial charge in [-0.15, -0.1) is 18.3 Å². The number of amides is 2. The van der Waals surface area contributed by atoms with Crippen LogP contribution in [0.15, 0.2) is 24.4 Å². The summed E-state index contributed by atoms with van der Waals surface area (Å²) in [6.45, 7) is 1.67. The summed E-state index contributed by atoms with van der Waals surface area (Å²) in [6.07, 6.45) is -0.682. The molecule has 3 aromatic rings. The van der Waals surface area contributed by atoms with Gasteiger partial charge in [0.1, 0.15) is 10.6 Å². The topological polar surface area (TPSA) is 126 Å². The molecule has 39 heavy (non-hydrogen) atoms. The van der Waals surface area contributed by atoms with Crippen molar-refractivity contribution >= 4 is 23.2 Å². The Balaban J connectivity index is 1.44. The van der Waals surface area contributed by atoms with Crippen LogP contribution in [0.2, 0.25) is 0 Å². The van der Waals surface area contributed by atoms with E-state index in [-0.39, 0.29) is 17.4 Å². The number of carbonyl (C=O) groups is 2. The summed E-state index contributed by atoms with van der Waals surface area (Å²) in [5.74, 6) is -0.312. The van der Waals surface area contributed by atoms with Crippen LogP contribution in [0, 0.1) is 11.3 Å². The lowest BCUT2D eigenvalue weighted by molar-refractivity contribution is -0.274. The molecule has 0 spiro atoms. The summed E-state index contributed by atoms with van der Waals surface area (Å²) in [4.78, 5) is 36.4. The predicted octanol–water partition coefficient (Wildman–Crippen LogP) is 4.25. The van der Waals surface area contributed by atoms with Gasteiger partial charge in [0, 0.05) is 25.6 Å². The molecule has 14 heteroatoms. The van der Waals surface area contributed by atoms with Gasteiger partial charge in [-0.2, -0.15) is 9.94 Å². The molecule has 0 unspecified atom stereocenters. The second-order valence-electron chi connectivity index (χ2n) is 9.90. The zero-order valence-corrected chi connectivity index (χ0v) is 22.1. The van der Waals surface area contributed by atoms with Crippen LogP contribution in [0.4, 0.5) is 13.2 Å². The first-order valence-corrected chi connectivity index (χ1v) is 13.0. The van der Waals surface area contributed by atoms with Gasteiger partial charge in [-0.05, 0) is 56.4 Å². The number of halogens is 3. The minimum Gasteiger partial charge on any atom is -0.406 e. The number of alkyl halides is 3. The number of ether oxygens (including phenoxy) is 1. The number of nitrogens with zero attached hydrogens (tertiary/aromatic N) is 6. The Hall–Kier alpha value is -3.99. The fourth-order valence-corrected chi connectivity index (χ4v) is 4.99. The van der Waals surface area contributed by atoms with E-state index >= 15 is 0 Å². The normalized spacial score (nSPS) is 16.7. The number of nitrogens with one attached hydrogen (secondary N) is 1. The van der Waals surface area contributed by atoms with Gasteiger partial charge in [-0.1, -0.05) is 11.3 Å². The first-order valence-electron chi connectivity index (χ1n) is 12.2. The Morgan fingerprint density at radius 1 is 1.28 bits per heavy atom. The maximum Gasteiger partial charge on any atom is 0.573 e. The van der Waals surface area contributed by atoms with Crippen LogP contribution in [0.3, 0.4) is 0 Å². The highest BCUT2D eigenvalue weighted by atomic mass is 32.1. The average molecular weight is 560 g/mol. The molecule has 0 aliphatic heterocycles. The zero-order valence-electron chi connectivity index (χ0n) is 21.2. The Bertz CT molecular complexity index is 1480. The summed E-state index contributed by atoms with van der Waals surface area (Å²) >= 11 is 1.13. The van der Waals surface area contributed by atoms with Crippen molar-refractivity contribution in [3.63, 3.8) is 0 Å². The largest absolute Gasteiger partial charge is 0.573 e. The summed E-state index contributed by atoms with van der Waals surface area (Å²) in [7, 11) is 3.26. The molecule has 2 aliphatic rings. The molecule has 204 valence electrons. The molecule has 2 fully saturated rings. The van der Waals surface area contributed by atoms with Gasteiger partial charge in [0.2, 0.25) is 5.13 Å². The van der Waals surface area contributed by atoms with Crippen LogP contribution >= 0.6 is 11.3 Å². The average Bonchev–Trinajstić information content (AvgIpc) is 3.78. The number of benzene rings is 1. The lowest BCUT2D eigenvalue weighted by Crippen LogP contribution is -2.29. The van der Waals surface area contributed by atoms with Gasteiger partial charge in [-0.3, -0.25) is 9.59 Å². The monoisotopic (exact) mass is 559 g/mol. The molecular weight excluding hydrogens is 535 g/mol. The molecule has 0 bridgehead atoms. The van der Waals surface area contributed by atoms with Gasteiger partial charge >= 0.3 is 6.36 Å². The minimum atomic E-state index is -4.96. The molecule has 2 heterocycles. The van der Waals surface area contributed by atoms with E-state index in [0.29, 0.717) is 40.1 Å². The third-order valence-electron chi connectivity index (χ3n) is 6.54. The number of thiazole rings is 1. The van der Waals surface area contributed by atoms with Gasteiger partial charge in [0.25, 0.3) is 11.8 Å². The van der Waals surface area contributed by atoms with Gasteiger partial charge in [0.15, 0.2) is 11.6 Å². The molecule has 10 nitrogen and oxygen atoms in total. The molecule has 2 aliphatic carbocycles. The lowest BCUT2D eigenvalue weighted by Gasteiger charge is -2.17. The quantitative estimate of drug-likeness (QED) is 0.437. The third kappa shape index (κ3) is 5.58. The maximum atomic E-state index is 13.3. The second-order valence-corrected chi connectivity index (χ2v) is 10.9. The Morgan fingerprint density at radius 3 is 2.59 bits per heavy atom. The van der Waals surface area contributed by atoms with Crippen molar-refractivity contribution in [2.45, 2.75) is 56.3 Å². The van der Waals surface area contributed by atoms with E-state index in [0.717, 1.165) is 36.3 Å². The molecule has 1 N–H and O–H groups in total. The van der Waals surface area contributed by atoms with E-state index in [4.69, 9.17) is 0 Å². The van der Waals surface area contributed by atoms with Crippen molar-refractivity contribution in [1.82, 2.24) is 30.0 Å². The lowest BCUT2D eigenvalue weighted by atomic mass is 9.95. The fraction of sp³-hybridized carbons (Fsp3) is 0.440. The molecule has 1 aromatic carbocycles. The Labute approximate surface area is 225 Å². The first kappa shape index (κ1) is 26.6. The Kier molecular flexibility index (Phi) is 6.58. The molecule has 2 saturated carbocycles. The van der Waals surface area contributed by atoms with Crippen LogP contribution in [0.5, 0.6) is 5.75 Å². The molecule has 0 saturated heterocycles. The Morgan fingerprint density at radius 2 is 2.00 bits per heavy atom. The van der Waals surface area contributed by atoms with Crippen molar-refractivity contribution in [3.8, 4) is 17.0 Å². The minimum absolute atomic E-state index is 0.0817. The highest BCUT2D eigenvalue weighted by Gasteiger charge is 2.46. The molecule has 5 rings (SSSR count). The second kappa shape index (κ2) is 9.64. The van der Waals surface area contributed by atoms with Crippen LogP contribution < -0.4 is 10.1 Å². The van der Waals surface area contributed by atoms with Gasteiger partial charge in [0.05, 0.1) is 23.7 Å². The number of nitriles is 1. The van der Waals surface area contributed by atoms with Crippen LogP contribution in [0.25, 0.3) is 5.13 Å². The van der Waals surface area contributed by atoms with Crippen molar-refractivity contribution in [1.29, 1.82) is 5.26 Å². The van der Waals surface area contributed by atoms with Crippen LogP contribution in [-0.2, 0) is 5.41 Å². The first-order chi connectivity index (χ1) is 18.4. The number of aromatic nitrogens is 4. The van der Waals surface area contributed by atoms with Gasteiger partial charge < -0.3 is 15.0 Å². The van der Waals surface area contributed by atoms with Crippen LogP contribution in [-0.4, -0.2) is 56.9 Å². The number of hydrogen-bond acceptors (Lipinski definition) is 8. The summed E-state index contributed by atoms with van der Waals surface area (Å²) in [5.41, 5.74) is -0.719. The summed E-state index contributed by atoms with van der Waals surface area (Å²) in [6, 6.07) is 4.97. The van der Waals surface area contributed by atoms with Crippen molar-refractivity contribution in [2.75, 3.05) is 14.1 Å². The van der Waals surface area contributed by atoms with E-state index in [1.54, 1.807) is 21.0 Å². The number of hydrogen-bond donors (Lipinski definition) is 1. The molecule has 2 aromatic heterocycles. The third-order valence-corrected chi connectivity index (χ3v) is 7.50. The van der Waals surface area contributed by atoms with Crippen LogP contribution in [0.1, 0.15) is 81.8 Å². The van der Waals surface area contributed by atoms with Gasteiger partial charge in [-0.25, -0.2) is 9.97 Å². The molecular formula is C25H24F3N7O3S. The van der Waals surface area contributed by atoms with E-state index in [1.165, 1.54) is 21.8 Å². The summed E-state index contributed by atoms with van der Waals surface area (Å²) < 4.78 is 44.5. The standard InChI is InChI=1S/C25H24F3N7O3S/c1-13(20-32-19(14-4-5-14)33-35(20)23-30-11-18(39-23)22(37)34(2)3)31-21(36)15-8-16(24(12-29)6-7-24)10-17(9-15)38-25(26,27)28/h8-11,13-14H,4-7H2,1-3H3,(H,31,36)/t13-/m0/s1. The SMILES string of the molecule is C[C@H](NC(=O)c1cc(OC(F)(F)F)cc(C2(C#N)CC2)c1)c1nc(C2CC2)nn1-c1ncc(C(=O)N(C)C)s1. The van der Waals surface area contributed by atoms with Crippen molar-refractivity contribution in [3.05, 3.63) is 52.0 Å².